The molecule has 1 aliphatic rings. The molecule has 1 aromatic carbocycles. The van der Waals surface area contributed by atoms with Crippen molar-refractivity contribution in [3.8, 4) is 11.3 Å². The number of rotatable bonds is 3. The van der Waals surface area contributed by atoms with E-state index in [1.54, 1.807) is 14.1 Å². The average Bonchev–Trinajstić information content (AvgIpc) is 3.24. The lowest BCUT2D eigenvalue weighted by Gasteiger charge is -2.27. The summed E-state index contributed by atoms with van der Waals surface area (Å²) in [7, 11) is 3.36. The summed E-state index contributed by atoms with van der Waals surface area (Å²) >= 11 is 0. The SMILES string of the molecule is CN(C)C(=O)c1c[nH]n2c(=O)cc(-c3ccc([C@H]4CCCC4(C)C)cc3)nc12. The number of carbonyl (C=O) groups excluding carboxylic acids is 1. The Hall–Kier alpha value is -2.89. The van der Waals surface area contributed by atoms with E-state index in [0.29, 0.717) is 28.2 Å². The first-order valence-corrected chi connectivity index (χ1v) is 9.71. The van der Waals surface area contributed by atoms with E-state index >= 15 is 0 Å². The van der Waals surface area contributed by atoms with Gasteiger partial charge in [0.25, 0.3) is 11.5 Å². The van der Waals surface area contributed by atoms with Crippen LogP contribution in [0.2, 0.25) is 0 Å². The molecule has 0 bridgehead atoms. The largest absolute Gasteiger partial charge is 0.345 e. The molecule has 2 heterocycles. The molecule has 0 spiro atoms. The van der Waals surface area contributed by atoms with Crippen molar-refractivity contribution in [1.29, 1.82) is 0 Å². The van der Waals surface area contributed by atoms with Crippen LogP contribution in [0.25, 0.3) is 16.9 Å². The summed E-state index contributed by atoms with van der Waals surface area (Å²) in [4.78, 5) is 31.0. The van der Waals surface area contributed by atoms with E-state index in [4.69, 9.17) is 0 Å². The highest BCUT2D eigenvalue weighted by atomic mass is 16.2. The van der Waals surface area contributed by atoms with Gasteiger partial charge in [-0.1, -0.05) is 44.5 Å². The number of hydrogen-bond donors (Lipinski definition) is 1. The van der Waals surface area contributed by atoms with Gasteiger partial charge in [-0.25, -0.2) is 9.50 Å². The van der Waals surface area contributed by atoms with Gasteiger partial charge in [0.2, 0.25) is 0 Å². The highest BCUT2D eigenvalue weighted by Crippen LogP contribution is 2.48. The van der Waals surface area contributed by atoms with Crippen molar-refractivity contribution >= 4 is 11.6 Å². The zero-order valence-electron chi connectivity index (χ0n) is 16.8. The van der Waals surface area contributed by atoms with Crippen LogP contribution < -0.4 is 5.56 Å². The number of hydrogen-bond acceptors (Lipinski definition) is 3. The summed E-state index contributed by atoms with van der Waals surface area (Å²) in [5, 5.41) is 2.82. The first-order valence-electron chi connectivity index (χ1n) is 9.71. The number of H-pyrrole nitrogens is 1. The van der Waals surface area contributed by atoms with Gasteiger partial charge in [0.15, 0.2) is 5.65 Å². The van der Waals surface area contributed by atoms with E-state index in [-0.39, 0.29) is 11.5 Å². The molecule has 1 aliphatic carbocycles. The van der Waals surface area contributed by atoms with Gasteiger partial charge in [-0.05, 0) is 29.7 Å². The maximum absolute atomic E-state index is 12.5. The summed E-state index contributed by atoms with van der Waals surface area (Å²) in [6, 6.07) is 9.87. The van der Waals surface area contributed by atoms with E-state index in [2.05, 4.69) is 36.1 Å². The molecule has 0 unspecified atom stereocenters. The number of nitrogens with zero attached hydrogens (tertiary/aromatic N) is 3. The molecule has 0 saturated heterocycles. The molecule has 1 fully saturated rings. The maximum atomic E-state index is 12.5. The van der Waals surface area contributed by atoms with E-state index < -0.39 is 0 Å². The van der Waals surface area contributed by atoms with E-state index in [0.717, 1.165) is 5.56 Å². The van der Waals surface area contributed by atoms with Crippen LogP contribution in [0.15, 0.2) is 41.3 Å². The predicted molar refractivity (Wildman–Crippen MR) is 110 cm³/mol. The second kappa shape index (κ2) is 6.62. The van der Waals surface area contributed by atoms with Crippen molar-refractivity contribution in [2.24, 2.45) is 5.41 Å². The molecule has 6 nitrogen and oxygen atoms in total. The van der Waals surface area contributed by atoms with Crippen LogP contribution in [0.5, 0.6) is 0 Å². The quantitative estimate of drug-likeness (QED) is 0.756. The highest BCUT2D eigenvalue weighted by Gasteiger charge is 2.35. The van der Waals surface area contributed by atoms with Crippen LogP contribution in [0, 0.1) is 5.41 Å². The first kappa shape index (κ1) is 18.5. The second-order valence-corrected chi connectivity index (χ2v) is 8.58. The second-order valence-electron chi connectivity index (χ2n) is 8.58. The number of nitrogens with one attached hydrogen (secondary N) is 1. The average molecular weight is 378 g/mol. The zero-order chi connectivity index (χ0) is 20.1. The molecule has 0 aliphatic heterocycles. The van der Waals surface area contributed by atoms with Crippen molar-refractivity contribution in [3.63, 3.8) is 0 Å². The van der Waals surface area contributed by atoms with Crippen LogP contribution in [-0.4, -0.2) is 39.5 Å². The molecule has 1 atom stereocenters. The number of aromatic nitrogens is 3. The van der Waals surface area contributed by atoms with E-state index in [9.17, 15) is 9.59 Å². The van der Waals surface area contributed by atoms with Crippen molar-refractivity contribution in [1.82, 2.24) is 19.5 Å². The Balaban J connectivity index is 1.74. The van der Waals surface area contributed by atoms with Crippen molar-refractivity contribution in [2.75, 3.05) is 14.1 Å². The molecule has 28 heavy (non-hydrogen) atoms. The minimum atomic E-state index is -0.237. The summed E-state index contributed by atoms with van der Waals surface area (Å²) in [6.07, 6.45) is 5.27. The number of aromatic amines is 1. The minimum absolute atomic E-state index is 0.193. The number of amides is 1. The maximum Gasteiger partial charge on any atom is 0.273 e. The smallest absolute Gasteiger partial charge is 0.273 e. The van der Waals surface area contributed by atoms with Gasteiger partial charge in [-0.15, -0.1) is 0 Å². The van der Waals surface area contributed by atoms with Gasteiger partial charge in [0.1, 0.15) is 5.56 Å². The summed E-state index contributed by atoms with van der Waals surface area (Å²) in [5.74, 6) is 0.373. The molecule has 6 heteroatoms. The van der Waals surface area contributed by atoms with Gasteiger partial charge in [0.05, 0.1) is 5.69 Å². The first-order chi connectivity index (χ1) is 13.3. The predicted octanol–water partition coefficient (Wildman–Crippen LogP) is 3.69. The molecule has 2 aromatic heterocycles. The molecule has 146 valence electrons. The van der Waals surface area contributed by atoms with Crippen molar-refractivity contribution in [2.45, 2.75) is 39.0 Å². The molecule has 3 aromatic rings. The fourth-order valence-electron chi connectivity index (χ4n) is 4.36. The zero-order valence-corrected chi connectivity index (χ0v) is 16.8. The summed E-state index contributed by atoms with van der Waals surface area (Å²) in [5.41, 5.74) is 3.62. The molecular formula is C22H26N4O2. The van der Waals surface area contributed by atoms with Crippen LogP contribution in [0.4, 0.5) is 0 Å². The van der Waals surface area contributed by atoms with Gasteiger partial charge in [0, 0.05) is 31.9 Å². The lowest BCUT2D eigenvalue weighted by Crippen LogP contribution is -2.22. The number of benzene rings is 1. The molecule has 1 amide bonds. The molecule has 4 rings (SSSR count). The third-order valence-corrected chi connectivity index (χ3v) is 6.00. The van der Waals surface area contributed by atoms with Crippen molar-refractivity contribution < 1.29 is 4.79 Å². The van der Waals surface area contributed by atoms with Gasteiger partial charge in [-0.3, -0.25) is 14.7 Å². The minimum Gasteiger partial charge on any atom is -0.345 e. The van der Waals surface area contributed by atoms with Crippen LogP contribution in [0.3, 0.4) is 0 Å². The van der Waals surface area contributed by atoms with E-state index in [1.807, 2.05) is 12.1 Å². The lowest BCUT2D eigenvalue weighted by atomic mass is 9.77. The van der Waals surface area contributed by atoms with Crippen LogP contribution in [-0.2, 0) is 0 Å². The Morgan fingerprint density at radius 1 is 1.25 bits per heavy atom. The van der Waals surface area contributed by atoms with Gasteiger partial charge >= 0.3 is 0 Å². The fourth-order valence-corrected chi connectivity index (χ4v) is 4.36. The van der Waals surface area contributed by atoms with E-state index in [1.165, 1.54) is 46.5 Å². The van der Waals surface area contributed by atoms with Gasteiger partial charge in [-0.2, -0.15) is 0 Å². The topological polar surface area (TPSA) is 70.5 Å². The molecule has 1 N–H and O–H groups in total. The molecular weight excluding hydrogens is 352 g/mol. The van der Waals surface area contributed by atoms with Crippen LogP contribution in [0.1, 0.15) is 54.9 Å². The molecule has 0 radical (unpaired) electrons. The third kappa shape index (κ3) is 3.03. The number of carbonyl (C=O) groups is 1. The fraction of sp³-hybridized carbons (Fsp3) is 0.409. The molecule has 1 saturated carbocycles. The standard InChI is InChI=1S/C22H26N4O2/c1-22(2)11-5-6-17(22)14-7-9-15(10-8-14)18-12-19(27)26-20(24-18)16(13-23-26)21(28)25(3)4/h7-10,12-13,17,23H,5-6,11H2,1-4H3/t17-/m1/s1. The summed E-state index contributed by atoms with van der Waals surface area (Å²) < 4.78 is 1.30. The van der Waals surface area contributed by atoms with Crippen LogP contribution >= 0.6 is 0 Å². The Labute approximate surface area is 164 Å². The monoisotopic (exact) mass is 378 g/mol. The Kier molecular flexibility index (Phi) is 4.37. The number of fused-ring (bicyclic) bond motifs is 1. The Morgan fingerprint density at radius 2 is 1.96 bits per heavy atom. The summed E-state index contributed by atoms with van der Waals surface area (Å²) in [6.45, 7) is 4.67. The highest BCUT2D eigenvalue weighted by molar-refractivity contribution is 5.99. The third-order valence-electron chi connectivity index (χ3n) is 6.00. The normalized spacial score (nSPS) is 18.5. The lowest BCUT2D eigenvalue weighted by molar-refractivity contribution is 0.0829. The Morgan fingerprint density at radius 3 is 2.57 bits per heavy atom. The Bertz CT molecular complexity index is 1090. The van der Waals surface area contributed by atoms with Gasteiger partial charge < -0.3 is 4.90 Å². The van der Waals surface area contributed by atoms with Crippen molar-refractivity contribution in [3.05, 3.63) is 58.0 Å².